The van der Waals surface area contributed by atoms with Crippen molar-refractivity contribution < 1.29 is 18.0 Å². The van der Waals surface area contributed by atoms with Gasteiger partial charge >= 0.3 is 6.18 Å². The molecule has 0 fully saturated rings. The second-order valence-electron chi connectivity index (χ2n) is 5.59. The monoisotopic (exact) mass is 350 g/mol. The molecule has 1 aromatic carbocycles. The summed E-state index contributed by atoms with van der Waals surface area (Å²) in [7, 11) is 0. The number of nitrogens with zero attached hydrogens (tertiary/aromatic N) is 3. The molecule has 25 heavy (non-hydrogen) atoms. The first-order valence-corrected chi connectivity index (χ1v) is 7.31. The van der Waals surface area contributed by atoms with E-state index < -0.39 is 17.5 Å². The second-order valence-corrected chi connectivity index (χ2v) is 5.59. The minimum absolute atomic E-state index is 0.121. The highest BCUT2D eigenvalue weighted by atomic mass is 19.4. The van der Waals surface area contributed by atoms with E-state index in [0.717, 1.165) is 24.3 Å². The van der Waals surface area contributed by atoms with Crippen LogP contribution < -0.4 is 5.56 Å². The van der Waals surface area contributed by atoms with Gasteiger partial charge in [0.1, 0.15) is 17.8 Å². The van der Waals surface area contributed by atoms with Crippen molar-refractivity contribution in [2.24, 2.45) is 0 Å². The van der Waals surface area contributed by atoms with Crippen LogP contribution in [0.25, 0.3) is 11.0 Å². The molecule has 1 N–H and O–H groups in total. The Bertz CT molecular complexity index is 1020. The van der Waals surface area contributed by atoms with Crippen LogP contribution in [-0.2, 0) is 12.7 Å². The predicted molar refractivity (Wildman–Crippen MR) is 83.4 cm³/mol. The number of hydrogen-bond donors (Lipinski definition) is 1. The topological polar surface area (TPSA) is 80.6 Å². The smallest absolute Gasteiger partial charge is 0.310 e. The van der Waals surface area contributed by atoms with Crippen molar-refractivity contribution in [3.05, 3.63) is 57.3 Å². The number of aromatic amines is 1. The van der Waals surface area contributed by atoms with Crippen LogP contribution >= 0.6 is 0 Å². The van der Waals surface area contributed by atoms with Crippen molar-refractivity contribution in [2.75, 3.05) is 0 Å². The number of halogens is 3. The molecule has 3 aromatic rings. The van der Waals surface area contributed by atoms with Gasteiger partial charge in [-0.3, -0.25) is 9.59 Å². The number of fused-ring (bicyclic) bond motifs is 1. The Morgan fingerprint density at radius 3 is 2.44 bits per heavy atom. The van der Waals surface area contributed by atoms with Crippen molar-refractivity contribution in [2.45, 2.75) is 26.6 Å². The molecule has 130 valence electrons. The van der Waals surface area contributed by atoms with E-state index in [-0.39, 0.29) is 28.7 Å². The first-order valence-electron chi connectivity index (χ1n) is 7.31. The number of benzene rings is 1. The minimum atomic E-state index is -4.46. The number of ketones is 1. The molecule has 0 aliphatic carbocycles. The summed E-state index contributed by atoms with van der Waals surface area (Å²) in [6.07, 6.45) is -4.46. The molecular weight excluding hydrogens is 337 g/mol. The molecule has 0 atom stereocenters. The van der Waals surface area contributed by atoms with E-state index in [0.29, 0.717) is 11.5 Å². The molecule has 0 unspecified atom stereocenters. The third kappa shape index (κ3) is 3.17. The summed E-state index contributed by atoms with van der Waals surface area (Å²) < 4.78 is 39.0. The van der Waals surface area contributed by atoms with Gasteiger partial charge < -0.3 is 4.98 Å². The number of H-pyrrole nitrogens is 1. The van der Waals surface area contributed by atoms with Crippen molar-refractivity contribution >= 4 is 16.8 Å². The number of nitrogens with one attached hydrogen (secondary N) is 1. The molecule has 2 aromatic heterocycles. The Kier molecular flexibility index (Phi) is 3.94. The summed E-state index contributed by atoms with van der Waals surface area (Å²) in [4.78, 5) is 31.1. The molecule has 0 amide bonds. The zero-order valence-electron chi connectivity index (χ0n) is 13.3. The first kappa shape index (κ1) is 16.9. The quantitative estimate of drug-likeness (QED) is 0.737. The molecule has 2 heterocycles. The number of hydrogen-bond acceptors (Lipinski definition) is 4. The van der Waals surface area contributed by atoms with Crippen LogP contribution in [0.15, 0.2) is 29.1 Å². The van der Waals surface area contributed by atoms with Crippen molar-refractivity contribution in [3.63, 3.8) is 0 Å². The summed E-state index contributed by atoms with van der Waals surface area (Å²) in [5.41, 5.74) is -0.375. The Hall–Kier alpha value is -2.97. The van der Waals surface area contributed by atoms with E-state index in [2.05, 4.69) is 15.1 Å². The number of aromatic nitrogens is 4. The predicted octanol–water partition coefficient (Wildman–Crippen LogP) is 2.64. The van der Waals surface area contributed by atoms with Crippen LogP contribution in [0.4, 0.5) is 13.2 Å². The molecule has 3 rings (SSSR count). The van der Waals surface area contributed by atoms with Gasteiger partial charge in [0.05, 0.1) is 11.3 Å². The van der Waals surface area contributed by atoms with Crippen LogP contribution in [0.1, 0.15) is 27.4 Å². The number of carbonyl (C=O) groups is 1. The van der Waals surface area contributed by atoms with Gasteiger partial charge in [0.25, 0.3) is 5.56 Å². The molecular formula is C16H13F3N4O2. The molecule has 0 saturated heterocycles. The summed E-state index contributed by atoms with van der Waals surface area (Å²) in [5, 5.41) is 4.43. The van der Waals surface area contributed by atoms with E-state index in [1.807, 2.05) is 0 Å². The number of Topliss-reactive ketones (excluding diaryl/α,β-unsaturated/α-hetero) is 1. The third-order valence-electron chi connectivity index (χ3n) is 3.72. The molecule has 9 heteroatoms. The SMILES string of the molecule is Cc1nc2c(c(C)nn2CC(=O)c2ccc(C(F)(F)F)cc2)c(=O)[nH]1. The van der Waals surface area contributed by atoms with Gasteiger partial charge in [-0.1, -0.05) is 12.1 Å². The molecule has 0 aliphatic heterocycles. The number of alkyl halides is 3. The van der Waals surface area contributed by atoms with E-state index in [1.165, 1.54) is 4.68 Å². The van der Waals surface area contributed by atoms with Crippen molar-refractivity contribution in [1.82, 2.24) is 19.7 Å². The van der Waals surface area contributed by atoms with Crippen molar-refractivity contribution in [1.29, 1.82) is 0 Å². The Labute approximate surface area is 139 Å². The lowest BCUT2D eigenvalue weighted by molar-refractivity contribution is -0.137. The Morgan fingerprint density at radius 1 is 1.20 bits per heavy atom. The first-order chi connectivity index (χ1) is 11.7. The van der Waals surface area contributed by atoms with Crippen LogP contribution in [-0.4, -0.2) is 25.5 Å². The van der Waals surface area contributed by atoms with Gasteiger partial charge in [0.2, 0.25) is 0 Å². The Balaban J connectivity index is 1.94. The highest BCUT2D eigenvalue weighted by molar-refractivity contribution is 5.96. The van der Waals surface area contributed by atoms with E-state index in [1.54, 1.807) is 13.8 Å². The number of carbonyl (C=O) groups excluding carboxylic acids is 1. The maximum absolute atomic E-state index is 12.6. The van der Waals surface area contributed by atoms with Crippen LogP contribution in [0.3, 0.4) is 0 Å². The van der Waals surface area contributed by atoms with Crippen LogP contribution in [0, 0.1) is 13.8 Å². The summed E-state index contributed by atoms with van der Waals surface area (Å²) in [5.74, 6) is -0.0570. The van der Waals surface area contributed by atoms with Gasteiger partial charge in [-0.05, 0) is 26.0 Å². The lowest BCUT2D eigenvalue weighted by Gasteiger charge is -2.07. The fourth-order valence-corrected chi connectivity index (χ4v) is 2.55. The lowest BCUT2D eigenvalue weighted by atomic mass is 10.1. The zero-order valence-corrected chi connectivity index (χ0v) is 13.3. The molecule has 6 nitrogen and oxygen atoms in total. The number of aryl methyl sites for hydroxylation is 2. The molecule has 0 bridgehead atoms. The molecule has 0 aliphatic rings. The van der Waals surface area contributed by atoms with Gasteiger partial charge in [-0.2, -0.15) is 18.3 Å². The van der Waals surface area contributed by atoms with Gasteiger partial charge in [-0.15, -0.1) is 0 Å². The van der Waals surface area contributed by atoms with Gasteiger partial charge in [-0.25, -0.2) is 9.67 Å². The summed E-state index contributed by atoms with van der Waals surface area (Å²) >= 11 is 0. The fourth-order valence-electron chi connectivity index (χ4n) is 2.55. The second kappa shape index (κ2) is 5.83. The van der Waals surface area contributed by atoms with Crippen LogP contribution in [0.2, 0.25) is 0 Å². The standard InChI is InChI=1S/C16H13F3N4O2/c1-8-13-14(20-9(2)21-15(13)25)23(22-8)7-12(24)10-3-5-11(6-4-10)16(17,18)19/h3-6H,7H2,1-2H3,(H,20,21,25). The molecule has 0 spiro atoms. The lowest BCUT2D eigenvalue weighted by Crippen LogP contribution is -2.15. The fraction of sp³-hybridized carbons (Fsp3) is 0.250. The summed E-state index contributed by atoms with van der Waals surface area (Å²) in [6.45, 7) is 2.99. The van der Waals surface area contributed by atoms with Crippen molar-refractivity contribution in [3.8, 4) is 0 Å². The van der Waals surface area contributed by atoms with E-state index in [4.69, 9.17) is 0 Å². The maximum Gasteiger partial charge on any atom is 0.416 e. The molecule has 0 radical (unpaired) electrons. The van der Waals surface area contributed by atoms with E-state index in [9.17, 15) is 22.8 Å². The largest absolute Gasteiger partial charge is 0.416 e. The summed E-state index contributed by atoms with van der Waals surface area (Å²) in [6, 6.07) is 3.95. The van der Waals surface area contributed by atoms with E-state index >= 15 is 0 Å². The zero-order chi connectivity index (χ0) is 18.4. The van der Waals surface area contributed by atoms with Crippen LogP contribution in [0.5, 0.6) is 0 Å². The normalized spacial score (nSPS) is 11.9. The third-order valence-corrected chi connectivity index (χ3v) is 3.72. The highest BCUT2D eigenvalue weighted by Gasteiger charge is 2.30. The molecule has 0 saturated carbocycles. The average molecular weight is 350 g/mol. The van der Waals surface area contributed by atoms with Gasteiger partial charge in [0.15, 0.2) is 11.4 Å². The number of rotatable bonds is 3. The van der Waals surface area contributed by atoms with Gasteiger partial charge in [0, 0.05) is 5.56 Å². The maximum atomic E-state index is 12.6. The highest BCUT2D eigenvalue weighted by Crippen LogP contribution is 2.29. The minimum Gasteiger partial charge on any atom is -0.310 e. The average Bonchev–Trinajstić information content (AvgIpc) is 2.82. The Morgan fingerprint density at radius 2 is 1.84 bits per heavy atom.